The van der Waals surface area contributed by atoms with Crippen molar-refractivity contribution in [1.82, 2.24) is 14.9 Å². The number of hydrogen-bond acceptors (Lipinski definition) is 3. The number of rotatable bonds is 2. The van der Waals surface area contributed by atoms with Gasteiger partial charge in [0.2, 0.25) is 5.91 Å². The molecule has 0 radical (unpaired) electrons. The van der Waals surface area contributed by atoms with E-state index < -0.39 is 0 Å². The van der Waals surface area contributed by atoms with Crippen LogP contribution in [0.2, 0.25) is 5.02 Å². The van der Waals surface area contributed by atoms with Crippen LogP contribution in [0.5, 0.6) is 0 Å². The first kappa shape index (κ1) is 22.1. The van der Waals surface area contributed by atoms with Gasteiger partial charge in [0.1, 0.15) is 0 Å². The van der Waals surface area contributed by atoms with E-state index in [9.17, 15) is 9.59 Å². The third-order valence-electron chi connectivity index (χ3n) is 6.51. The molecule has 0 unspecified atom stereocenters. The number of halogens is 2. The van der Waals surface area contributed by atoms with Gasteiger partial charge in [0.05, 0.1) is 16.6 Å². The molecule has 7 heteroatoms. The number of fused-ring (bicyclic) bond motifs is 2. The van der Waals surface area contributed by atoms with Crippen molar-refractivity contribution in [3.8, 4) is 0 Å². The molecule has 5 nitrogen and oxygen atoms in total. The lowest BCUT2D eigenvalue weighted by Crippen LogP contribution is -2.37. The van der Waals surface area contributed by atoms with Gasteiger partial charge < -0.3 is 9.88 Å². The number of nitrogens with zero attached hydrogens (tertiary/aromatic N) is 2. The highest BCUT2D eigenvalue weighted by molar-refractivity contribution is 9.10. The Labute approximate surface area is 205 Å². The summed E-state index contributed by atoms with van der Waals surface area (Å²) in [5.74, 6) is 0.135. The van der Waals surface area contributed by atoms with Crippen molar-refractivity contribution < 1.29 is 4.79 Å². The Morgan fingerprint density at radius 2 is 1.76 bits per heavy atom. The number of amides is 1. The second-order valence-corrected chi connectivity index (χ2v) is 9.83. The van der Waals surface area contributed by atoms with Gasteiger partial charge in [-0.25, -0.2) is 0 Å². The van der Waals surface area contributed by atoms with E-state index in [0.717, 1.165) is 58.7 Å². The molecule has 3 heterocycles. The van der Waals surface area contributed by atoms with E-state index in [1.807, 2.05) is 35.2 Å². The summed E-state index contributed by atoms with van der Waals surface area (Å²) in [6.07, 6.45) is 7.05. The maximum atomic E-state index is 12.8. The molecular weight excluding hydrogens is 502 g/mol. The quantitative estimate of drug-likeness (QED) is 0.516. The zero-order chi connectivity index (χ0) is 22.9. The Bertz CT molecular complexity index is 1310. The topological polar surface area (TPSA) is 66.1 Å². The van der Waals surface area contributed by atoms with Crippen LogP contribution >= 0.6 is 27.5 Å². The summed E-state index contributed by atoms with van der Waals surface area (Å²) in [5, 5.41) is 0.718. The molecule has 2 aliphatic rings. The van der Waals surface area contributed by atoms with Crippen LogP contribution in [0.4, 0.5) is 0 Å². The number of likely N-dealkylation sites (tertiary alicyclic amines) is 1. The zero-order valence-electron chi connectivity index (χ0n) is 18.0. The van der Waals surface area contributed by atoms with Crippen molar-refractivity contribution in [2.24, 2.45) is 0 Å². The lowest BCUT2D eigenvalue weighted by atomic mass is 9.88. The molecule has 1 aliphatic heterocycles. The van der Waals surface area contributed by atoms with Gasteiger partial charge in [-0.1, -0.05) is 23.2 Å². The molecule has 1 aromatic carbocycles. The maximum Gasteiger partial charge on any atom is 0.262 e. The molecule has 0 bridgehead atoms. The minimum absolute atomic E-state index is 0.130. The molecule has 1 fully saturated rings. The molecule has 0 saturated carbocycles. The van der Waals surface area contributed by atoms with Crippen LogP contribution < -0.4 is 5.56 Å². The number of carbonyl (C=O) groups excluding carboxylic acids is 1. The summed E-state index contributed by atoms with van der Waals surface area (Å²) >= 11 is 9.70. The van der Waals surface area contributed by atoms with Crippen LogP contribution in [0.15, 0.2) is 63.6 Å². The Morgan fingerprint density at radius 1 is 1.03 bits per heavy atom. The lowest BCUT2D eigenvalue weighted by Gasteiger charge is -2.30. The van der Waals surface area contributed by atoms with Crippen molar-refractivity contribution >= 4 is 39.0 Å². The smallest absolute Gasteiger partial charge is 0.262 e. The van der Waals surface area contributed by atoms with Crippen LogP contribution in [-0.4, -0.2) is 33.9 Å². The van der Waals surface area contributed by atoms with E-state index in [-0.39, 0.29) is 11.5 Å². The number of piperidine rings is 1. The Kier molecular flexibility index (Phi) is 6.21. The number of carbonyl (C=O) groups is 1. The Balaban J connectivity index is 1.49. The molecule has 1 N–H and O–H groups in total. The van der Waals surface area contributed by atoms with Gasteiger partial charge in [-0.2, -0.15) is 0 Å². The van der Waals surface area contributed by atoms with Crippen molar-refractivity contribution in [3.05, 3.63) is 102 Å². The molecule has 1 aliphatic carbocycles. The third-order valence-corrected chi connectivity index (χ3v) is 7.33. The predicted octanol–water partition coefficient (Wildman–Crippen LogP) is 4.95. The number of H-pyrrole nitrogens is 1. The van der Waals surface area contributed by atoms with Crippen molar-refractivity contribution in [2.75, 3.05) is 13.1 Å². The third kappa shape index (κ3) is 4.55. The van der Waals surface area contributed by atoms with Gasteiger partial charge in [0, 0.05) is 36.1 Å². The van der Waals surface area contributed by atoms with Gasteiger partial charge in [-0.15, -0.1) is 0 Å². The average molecular weight is 525 g/mol. The van der Waals surface area contributed by atoms with E-state index in [1.54, 1.807) is 12.4 Å². The number of nitrogens with one attached hydrogen (secondary N) is 1. The van der Waals surface area contributed by atoms with E-state index in [2.05, 4.69) is 32.0 Å². The lowest BCUT2D eigenvalue weighted by molar-refractivity contribution is -0.130. The highest BCUT2D eigenvalue weighted by Gasteiger charge is 2.27. The molecule has 33 heavy (non-hydrogen) atoms. The second-order valence-electron chi connectivity index (χ2n) is 8.54. The van der Waals surface area contributed by atoms with Crippen LogP contribution in [0.1, 0.15) is 40.8 Å². The fraction of sp³-hybridized carbons (Fsp3) is 0.269. The molecule has 1 saturated heterocycles. The van der Waals surface area contributed by atoms with Crippen molar-refractivity contribution in [2.45, 2.75) is 32.1 Å². The first-order valence-electron chi connectivity index (χ1n) is 11.1. The summed E-state index contributed by atoms with van der Waals surface area (Å²) < 4.78 is 0.547. The van der Waals surface area contributed by atoms with E-state index in [4.69, 9.17) is 11.6 Å². The summed E-state index contributed by atoms with van der Waals surface area (Å²) in [6, 6.07) is 11.7. The molecule has 3 aromatic rings. The van der Waals surface area contributed by atoms with Gasteiger partial charge in [0.15, 0.2) is 0 Å². The zero-order valence-corrected chi connectivity index (χ0v) is 20.4. The highest BCUT2D eigenvalue weighted by Crippen LogP contribution is 2.38. The molecule has 0 spiro atoms. The molecule has 0 atom stereocenters. The maximum absolute atomic E-state index is 12.8. The van der Waals surface area contributed by atoms with Crippen LogP contribution in [0.25, 0.3) is 5.57 Å². The fourth-order valence-electron chi connectivity index (χ4n) is 4.81. The predicted molar refractivity (Wildman–Crippen MR) is 133 cm³/mol. The number of benzene rings is 1. The SMILES string of the molecule is O=C(Cc1ccncc1)N1CCC(=C2c3ccc(Cl)cc3CCc3cc(Br)c(=O)[nH]c32)CC1. The number of pyridine rings is 2. The number of aromatic amines is 1. The van der Waals surface area contributed by atoms with Crippen molar-refractivity contribution in [1.29, 1.82) is 0 Å². The van der Waals surface area contributed by atoms with E-state index in [1.165, 1.54) is 11.1 Å². The normalized spacial score (nSPS) is 15.6. The number of aryl methyl sites for hydroxylation is 2. The van der Waals surface area contributed by atoms with Crippen LogP contribution in [0.3, 0.4) is 0 Å². The standard InChI is InChI=1S/C26H23BrClN3O2/c27-22-15-19-2-1-18-14-20(28)3-4-21(18)24(25(19)30-26(22)33)17-7-11-31(12-8-17)23(32)13-16-5-9-29-10-6-16/h3-6,9-10,14-15H,1-2,7-8,11-13H2,(H,30,33). The number of aromatic nitrogens is 2. The summed E-state index contributed by atoms with van der Waals surface area (Å²) in [5.41, 5.74) is 7.55. The van der Waals surface area contributed by atoms with Crippen LogP contribution in [-0.2, 0) is 24.1 Å². The summed E-state index contributed by atoms with van der Waals surface area (Å²) in [6.45, 7) is 1.34. The van der Waals surface area contributed by atoms with E-state index in [0.29, 0.717) is 24.0 Å². The van der Waals surface area contributed by atoms with Gasteiger partial charge in [-0.05, 0) is 94.2 Å². The molecule has 168 valence electrons. The molecule has 1 amide bonds. The molecule has 2 aromatic heterocycles. The minimum atomic E-state index is -0.130. The monoisotopic (exact) mass is 523 g/mol. The average Bonchev–Trinajstić information content (AvgIpc) is 2.96. The molecule has 5 rings (SSSR count). The van der Waals surface area contributed by atoms with Gasteiger partial charge >= 0.3 is 0 Å². The van der Waals surface area contributed by atoms with Gasteiger partial charge in [-0.3, -0.25) is 14.6 Å². The van der Waals surface area contributed by atoms with Crippen LogP contribution in [0, 0.1) is 0 Å². The summed E-state index contributed by atoms with van der Waals surface area (Å²) in [7, 11) is 0. The van der Waals surface area contributed by atoms with Crippen molar-refractivity contribution in [3.63, 3.8) is 0 Å². The molecular formula is C26H23BrClN3O2. The Morgan fingerprint density at radius 3 is 2.52 bits per heavy atom. The fourth-order valence-corrected chi connectivity index (χ4v) is 5.38. The highest BCUT2D eigenvalue weighted by atomic mass is 79.9. The van der Waals surface area contributed by atoms with E-state index >= 15 is 0 Å². The first-order chi connectivity index (χ1) is 16.0. The summed E-state index contributed by atoms with van der Waals surface area (Å²) in [4.78, 5) is 34.4. The number of hydrogen-bond donors (Lipinski definition) is 1. The first-order valence-corrected chi connectivity index (χ1v) is 12.3. The second kappa shape index (κ2) is 9.27. The minimum Gasteiger partial charge on any atom is -0.342 e. The Hall–Kier alpha value is -2.70. The van der Waals surface area contributed by atoms with Gasteiger partial charge in [0.25, 0.3) is 5.56 Å². The largest absolute Gasteiger partial charge is 0.342 e.